The summed E-state index contributed by atoms with van der Waals surface area (Å²) in [6.07, 6.45) is 0. The molecule has 0 bridgehead atoms. The summed E-state index contributed by atoms with van der Waals surface area (Å²) in [6.45, 7) is 1.60. The van der Waals surface area contributed by atoms with Gasteiger partial charge >= 0.3 is 0 Å². The van der Waals surface area contributed by atoms with E-state index < -0.39 is 0 Å². The SMILES string of the molecule is CN=C(NCc1cccc(NC(=O)CN(C)C)c1)N(C)Cc1ccccc1Cl.I. The third-order valence-electron chi connectivity index (χ3n) is 4.06. The van der Waals surface area contributed by atoms with Crippen LogP contribution in [0.25, 0.3) is 0 Å². The molecular weight excluding hydrogens is 501 g/mol. The zero-order valence-corrected chi connectivity index (χ0v) is 20.4. The van der Waals surface area contributed by atoms with E-state index in [1.165, 1.54) is 0 Å². The van der Waals surface area contributed by atoms with Crippen molar-refractivity contribution in [2.45, 2.75) is 13.1 Å². The van der Waals surface area contributed by atoms with Gasteiger partial charge in [-0.15, -0.1) is 24.0 Å². The number of halogens is 2. The van der Waals surface area contributed by atoms with E-state index in [0.717, 1.165) is 27.8 Å². The summed E-state index contributed by atoms with van der Waals surface area (Å²) in [5, 5.41) is 7.00. The molecule has 0 atom stereocenters. The summed E-state index contributed by atoms with van der Waals surface area (Å²) in [6, 6.07) is 15.6. The first-order chi connectivity index (χ1) is 13.4. The van der Waals surface area contributed by atoms with Crippen LogP contribution in [0.2, 0.25) is 5.02 Å². The Morgan fingerprint density at radius 3 is 2.48 bits per heavy atom. The molecule has 2 aromatic rings. The van der Waals surface area contributed by atoms with Gasteiger partial charge in [0, 0.05) is 37.9 Å². The summed E-state index contributed by atoms with van der Waals surface area (Å²) in [7, 11) is 7.45. The van der Waals surface area contributed by atoms with Crippen LogP contribution in [0.4, 0.5) is 5.69 Å². The number of nitrogens with zero attached hydrogens (tertiary/aromatic N) is 3. The first kappa shape index (κ1) is 25.2. The standard InChI is InChI=1S/C21H28ClN5O.HI/c1-23-21(27(4)14-17-9-5-6-11-19(17)22)24-13-16-8-7-10-18(12-16)25-20(28)15-26(2)3;/h5-12H,13-15H2,1-4H3,(H,23,24)(H,25,28);1H. The van der Waals surface area contributed by atoms with E-state index in [2.05, 4.69) is 15.6 Å². The van der Waals surface area contributed by atoms with Gasteiger partial charge in [-0.2, -0.15) is 0 Å². The fourth-order valence-corrected chi connectivity index (χ4v) is 2.97. The van der Waals surface area contributed by atoms with Crippen LogP contribution in [-0.2, 0) is 17.9 Å². The molecule has 0 aliphatic heterocycles. The Kier molecular flexibility index (Phi) is 11.0. The highest BCUT2D eigenvalue weighted by Crippen LogP contribution is 2.16. The number of hydrogen-bond donors (Lipinski definition) is 2. The number of anilines is 1. The number of guanidine groups is 1. The third kappa shape index (κ3) is 8.59. The first-order valence-electron chi connectivity index (χ1n) is 9.07. The van der Waals surface area contributed by atoms with Crippen molar-refractivity contribution >= 4 is 53.1 Å². The fraction of sp³-hybridized carbons (Fsp3) is 0.333. The van der Waals surface area contributed by atoms with Gasteiger partial charge in [0.25, 0.3) is 0 Å². The minimum absolute atomic E-state index is 0. The van der Waals surface area contributed by atoms with Gasteiger partial charge < -0.3 is 20.4 Å². The molecule has 158 valence electrons. The highest BCUT2D eigenvalue weighted by atomic mass is 127. The molecule has 0 aromatic heterocycles. The molecule has 6 nitrogen and oxygen atoms in total. The van der Waals surface area contributed by atoms with Crippen LogP contribution in [0, 0.1) is 0 Å². The van der Waals surface area contributed by atoms with Crippen molar-refractivity contribution < 1.29 is 4.79 Å². The summed E-state index contributed by atoms with van der Waals surface area (Å²) in [5.74, 6) is 0.729. The van der Waals surface area contributed by atoms with Crippen LogP contribution in [0.1, 0.15) is 11.1 Å². The molecular formula is C21H29ClIN5O. The van der Waals surface area contributed by atoms with E-state index in [4.69, 9.17) is 11.6 Å². The van der Waals surface area contributed by atoms with Crippen LogP contribution in [0.15, 0.2) is 53.5 Å². The van der Waals surface area contributed by atoms with Crippen LogP contribution in [0.3, 0.4) is 0 Å². The minimum Gasteiger partial charge on any atom is -0.352 e. The van der Waals surface area contributed by atoms with Crippen molar-refractivity contribution in [3.8, 4) is 0 Å². The van der Waals surface area contributed by atoms with Crippen molar-refractivity contribution in [1.29, 1.82) is 0 Å². The van der Waals surface area contributed by atoms with Crippen molar-refractivity contribution in [2.75, 3.05) is 40.1 Å². The minimum atomic E-state index is -0.0367. The lowest BCUT2D eigenvalue weighted by Gasteiger charge is -2.23. The van der Waals surface area contributed by atoms with Gasteiger partial charge in [0.2, 0.25) is 5.91 Å². The Balaban J connectivity index is 0.00000420. The monoisotopic (exact) mass is 529 g/mol. The van der Waals surface area contributed by atoms with Gasteiger partial charge in [0.15, 0.2) is 5.96 Å². The molecule has 2 N–H and O–H groups in total. The molecule has 0 saturated heterocycles. The Bertz CT molecular complexity index is 828. The summed E-state index contributed by atoms with van der Waals surface area (Å²) < 4.78 is 0. The van der Waals surface area contributed by atoms with Crippen LogP contribution < -0.4 is 10.6 Å². The van der Waals surface area contributed by atoms with Crippen molar-refractivity contribution in [1.82, 2.24) is 15.1 Å². The Labute approximate surface area is 195 Å². The molecule has 0 fully saturated rings. The molecule has 2 rings (SSSR count). The van der Waals surface area contributed by atoms with Crippen LogP contribution in [0.5, 0.6) is 0 Å². The summed E-state index contributed by atoms with van der Waals surface area (Å²) >= 11 is 6.26. The second kappa shape index (κ2) is 12.7. The molecule has 2 aromatic carbocycles. The second-order valence-corrected chi connectivity index (χ2v) is 7.24. The molecule has 8 heteroatoms. The lowest BCUT2D eigenvalue weighted by molar-refractivity contribution is -0.116. The summed E-state index contributed by atoms with van der Waals surface area (Å²) in [4.78, 5) is 20.1. The number of amides is 1. The van der Waals surface area contributed by atoms with E-state index in [1.54, 1.807) is 7.05 Å². The van der Waals surface area contributed by atoms with Gasteiger partial charge in [-0.25, -0.2) is 0 Å². The average Bonchev–Trinajstić information content (AvgIpc) is 2.63. The molecule has 0 aliphatic rings. The molecule has 0 unspecified atom stereocenters. The number of benzene rings is 2. The average molecular weight is 530 g/mol. The van der Waals surface area contributed by atoms with Gasteiger partial charge in [-0.3, -0.25) is 9.79 Å². The van der Waals surface area contributed by atoms with E-state index in [0.29, 0.717) is 19.6 Å². The predicted octanol–water partition coefficient (Wildman–Crippen LogP) is 3.67. The van der Waals surface area contributed by atoms with Gasteiger partial charge in [-0.1, -0.05) is 41.9 Å². The zero-order chi connectivity index (χ0) is 20.5. The van der Waals surface area contributed by atoms with E-state index in [1.807, 2.05) is 79.5 Å². The number of aliphatic imine (C=N–C) groups is 1. The Morgan fingerprint density at radius 1 is 1.10 bits per heavy atom. The first-order valence-corrected chi connectivity index (χ1v) is 9.45. The van der Waals surface area contributed by atoms with Crippen molar-refractivity contribution in [2.24, 2.45) is 4.99 Å². The Hall–Kier alpha value is -1.84. The highest BCUT2D eigenvalue weighted by molar-refractivity contribution is 14.0. The number of nitrogens with one attached hydrogen (secondary N) is 2. The number of hydrogen-bond acceptors (Lipinski definition) is 3. The molecule has 0 spiro atoms. The lowest BCUT2D eigenvalue weighted by Crippen LogP contribution is -2.38. The van der Waals surface area contributed by atoms with Crippen molar-refractivity contribution in [3.63, 3.8) is 0 Å². The lowest BCUT2D eigenvalue weighted by atomic mass is 10.2. The summed E-state index contributed by atoms with van der Waals surface area (Å²) in [5.41, 5.74) is 2.88. The smallest absolute Gasteiger partial charge is 0.238 e. The molecule has 0 saturated carbocycles. The normalized spacial score (nSPS) is 11.0. The number of likely N-dealkylation sites (N-methyl/N-ethyl adjacent to an activating group) is 1. The maximum absolute atomic E-state index is 11.9. The third-order valence-corrected chi connectivity index (χ3v) is 4.43. The fourth-order valence-electron chi connectivity index (χ4n) is 2.77. The van der Waals surface area contributed by atoms with E-state index in [9.17, 15) is 4.79 Å². The molecule has 0 aliphatic carbocycles. The highest BCUT2D eigenvalue weighted by Gasteiger charge is 2.09. The number of carbonyl (C=O) groups excluding carboxylic acids is 1. The second-order valence-electron chi connectivity index (χ2n) is 6.83. The maximum atomic E-state index is 11.9. The van der Waals surface area contributed by atoms with Gasteiger partial charge in [0.05, 0.1) is 6.54 Å². The zero-order valence-electron chi connectivity index (χ0n) is 17.3. The van der Waals surface area contributed by atoms with Crippen LogP contribution in [-0.4, -0.2) is 56.4 Å². The van der Waals surface area contributed by atoms with Crippen molar-refractivity contribution in [3.05, 3.63) is 64.7 Å². The number of carbonyl (C=O) groups is 1. The van der Waals surface area contributed by atoms with E-state index >= 15 is 0 Å². The van der Waals surface area contributed by atoms with E-state index in [-0.39, 0.29) is 29.9 Å². The predicted molar refractivity (Wildman–Crippen MR) is 132 cm³/mol. The number of rotatable bonds is 7. The van der Waals surface area contributed by atoms with Gasteiger partial charge in [0.1, 0.15) is 0 Å². The Morgan fingerprint density at radius 2 is 1.83 bits per heavy atom. The maximum Gasteiger partial charge on any atom is 0.238 e. The van der Waals surface area contributed by atoms with Crippen LogP contribution >= 0.6 is 35.6 Å². The van der Waals surface area contributed by atoms with Gasteiger partial charge in [-0.05, 0) is 43.4 Å². The molecule has 1 amide bonds. The molecule has 0 radical (unpaired) electrons. The quantitative estimate of drug-likeness (QED) is 0.327. The molecule has 29 heavy (non-hydrogen) atoms. The largest absolute Gasteiger partial charge is 0.352 e. The molecule has 0 heterocycles. The topological polar surface area (TPSA) is 60.0 Å².